The summed E-state index contributed by atoms with van der Waals surface area (Å²) in [6.07, 6.45) is 80.4. The summed E-state index contributed by atoms with van der Waals surface area (Å²) in [7, 11) is 0. The van der Waals surface area contributed by atoms with Gasteiger partial charge in [0, 0.05) is 19.3 Å². The molecular weight excluding hydrogens is 937 g/mol. The van der Waals surface area contributed by atoms with Gasteiger partial charge >= 0.3 is 17.9 Å². The van der Waals surface area contributed by atoms with Crippen LogP contribution in [0.2, 0.25) is 0 Å². The molecule has 0 heterocycles. The zero-order valence-corrected chi connectivity index (χ0v) is 51.3. The van der Waals surface area contributed by atoms with Gasteiger partial charge in [0.1, 0.15) is 13.2 Å². The highest BCUT2D eigenvalue weighted by Crippen LogP contribution is 2.18. The standard InChI is InChI=1S/C70H130O6/c1-4-7-10-13-16-19-22-24-26-28-30-32-34-35-37-38-40-42-44-46-48-51-54-57-60-63-69(72)75-66-67(65-74-68(71)62-59-56-53-50-21-18-15-12-9-6-3)76-70(73)64-61-58-55-52-49-47-45-43-41-39-36-33-31-29-27-25-23-20-17-14-11-8-5-2/h12,15,23,25,29,31,67H,4-11,13-14,16-22,24,26-28,30,32-66H2,1-3H3/b15-12-,25-23-,31-29-. The Kier molecular flexibility index (Phi) is 63.1. The minimum absolute atomic E-state index is 0.0712. The van der Waals surface area contributed by atoms with Gasteiger partial charge in [0.05, 0.1) is 0 Å². The van der Waals surface area contributed by atoms with Crippen LogP contribution in [-0.4, -0.2) is 37.2 Å². The molecule has 0 N–H and O–H groups in total. The van der Waals surface area contributed by atoms with Crippen LogP contribution in [0.25, 0.3) is 0 Å². The molecule has 0 rings (SSSR count). The van der Waals surface area contributed by atoms with Crippen molar-refractivity contribution in [1.29, 1.82) is 0 Å². The van der Waals surface area contributed by atoms with Crippen LogP contribution >= 0.6 is 0 Å². The number of carbonyl (C=O) groups is 3. The van der Waals surface area contributed by atoms with Crippen molar-refractivity contribution in [3.05, 3.63) is 36.5 Å². The van der Waals surface area contributed by atoms with Gasteiger partial charge in [-0.25, -0.2) is 0 Å². The van der Waals surface area contributed by atoms with Crippen molar-refractivity contribution in [2.75, 3.05) is 13.2 Å². The van der Waals surface area contributed by atoms with E-state index in [1.807, 2.05) is 0 Å². The highest BCUT2D eigenvalue weighted by atomic mass is 16.6. The topological polar surface area (TPSA) is 78.9 Å². The molecule has 446 valence electrons. The third-order valence-corrected chi connectivity index (χ3v) is 15.3. The fourth-order valence-electron chi connectivity index (χ4n) is 10.2. The fraction of sp³-hybridized carbons (Fsp3) is 0.871. The van der Waals surface area contributed by atoms with Crippen molar-refractivity contribution >= 4 is 17.9 Å². The Morgan fingerprint density at radius 3 is 0.789 bits per heavy atom. The van der Waals surface area contributed by atoms with Crippen LogP contribution < -0.4 is 0 Å². The Morgan fingerprint density at radius 2 is 0.500 bits per heavy atom. The summed E-state index contributed by atoms with van der Waals surface area (Å²) < 4.78 is 16.9. The van der Waals surface area contributed by atoms with Crippen LogP contribution in [0.5, 0.6) is 0 Å². The summed E-state index contributed by atoms with van der Waals surface area (Å²) in [5.41, 5.74) is 0. The molecule has 6 nitrogen and oxygen atoms in total. The monoisotopic (exact) mass is 1070 g/mol. The zero-order chi connectivity index (χ0) is 55.0. The average Bonchev–Trinajstić information content (AvgIpc) is 3.42. The van der Waals surface area contributed by atoms with Gasteiger partial charge in [-0.15, -0.1) is 0 Å². The minimum atomic E-state index is -0.774. The van der Waals surface area contributed by atoms with E-state index in [0.29, 0.717) is 19.3 Å². The molecule has 0 aliphatic heterocycles. The molecule has 0 aliphatic carbocycles. The van der Waals surface area contributed by atoms with Crippen molar-refractivity contribution in [3.8, 4) is 0 Å². The summed E-state index contributed by atoms with van der Waals surface area (Å²) in [4.78, 5) is 38.3. The van der Waals surface area contributed by atoms with E-state index >= 15 is 0 Å². The Labute approximate surface area is 474 Å². The van der Waals surface area contributed by atoms with Crippen molar-refractivity contribution in [2.45, 2.75) is 380 Å². The lowest BCUT2D eigenvalue weighted by Gasteiger charge is -2.18. The normalized spacial score (nSPS) is 12.2. The first-order valence-electron chi connectivity index (χ1n) is 34.0. The summed E-state index contributed by atoms with van der Waals surface area (Å²) in [6.45, 7) is 6.63. The van der Waals surface area contributed by atoms with Crippen LogP contribution in [0.15, 0.2) is 36.5 Å². The number of hydrogen-bond donors (Lipinski definition) is 0. The number of carbonyl (C=O) groups excluding carboxylic acids is 3. The smallest absolute Gasteiger partial charge is 0.306 e. The molecule has 0 spiro atoms. The summed E-state index contributed by atoms with van der Waals surface area (Å²) in [6, 6.07) is 0. The van der Waals surface area contributed by atoms with Gasteiger partial charge in [-0.2, -0.15) is 0 Å². The molecule has 0 aliphatic rings. The van der Waals surface area contributed by atoms with E-state index in [2.05, 4.69) is 57.2 Å². The van der Waals surface area contributed by atoms with E-state index < -0.39 is 6.10 Å². The first-order valence-corrected chi connectivity index (χ1v) is 34.0. The molecule has 76 heavy (non-hydrogen) atoms. The summed E-state index contributed by atoms with van der Waals surface area (Å²) in [5.74, 6) is -0.860. The van der Waals surface area contributed by atoms with Crippen LogP contribution in [0.3, 0.4) is 0 Å². The van der Waals surface area contributed by atoms with E-state index in [9.17, 15) is 14.4 Å². The predicted octanol–water partition coefficient (Wildman–Crippen LogP) is 23.2. The highest BCUT2D eigenvalue weighted by molar-refractivity contribution is 5.71. The van der Waals surface area contributed by atoms with Crippen molar-refractivity contribution in [2.24, 2.45) is 0 Å². The Morgan fingerprint density at radius 1 is 0.263 bits per heavy atom. The van der Waals surface area contributed by atoms with E-state index in [4.69, 9.17) is 14.2 Å². The third-order valence-electron chi connectivity index (χ3n) is 15.3. The Balaban J connectivity index is 4.16. The molecule has 0 saturated heterocycles. The van der Waals surface area contributed by atoms with Gasteiger partial charge in [-0.05, 0) is 70.6 Å². The lowest BCUT2D eigenvalue weighted by atomic mass is 10.0. The molecule has 1 unspecified atom stereocenters. The Hall–Kier alpha value is -2.37. The van der Waals surface area contributed by atoms with Crippen LogP contribution in [0, 0.1) is 0 Å². The van der Waals surface area contributed by atoms with E-state index in [0.717, 1.165) is 77.0 Å². The number of hydrogen-bond acceptors (Lipinski definition) is 6. The second-order valence-corrected chi connectivity index (χ2v) is 23.1. The molecule has 0 aromatic rings. The van der Waals surface area contributed by atoms with Gasteiger partial charge in [0.2, 0.25) is 0 Å². The largest absolute Gasteiger partial charge is 0.462 e. The molecule has 0 aromatic carbocycles. The van der Waals surface area contributed by atoms with E-state index in [1.165, 1.54) is 257 Å². The number of esters is 3. The first kappa shape index (κ1) is 73.6. The maximum Gasteiger partial charge on any atom is 0.306 e. The van der Waals surface area contributed by atoms with Crippen LogP contribution in [0.1, 0.15) is 374 Å². The zero-order valence-electron chi connectivity index (χ0n) is 51.3. The molecule has 0 amide bonds. The first-order chi connectivity index (χ1) is 37.5. The SMILES string of the molecule is CCC/C=C\CCCCCCCC(=O)OCC(COC(=O)CCCCCCCCCCCCCCCCCCCCCCCCCCC)OC(=O)CCCCCCCCCCCCC/C=C\C/C=C\CCCCCCC. The summed E-state index contributed by atoms with van der Waals surface area (Å²) >= 11 is 0. The minimum Gasteiger partial charge on any atom is -0.462 e. The molecular formula is C70H130O6. The average molecular weight is 1070 g/mol. The number of allylic oxidation sites excluding steroid dienone is 6. The molecule has 0 bridgehead atoms. The van der Waals surface area contributed by atoms with Gasteiger partial charge in [-0.3, -0.25) is 14.4 Å². The fourth-order valence-corrected chi connectivity index (χ4v) is 10.2. The molecule has 0 fully saturated rings. The number of ether oxygens (including phenoxy) is 3. The maximum atomic E-state index is 12.9. The quantitative estimate of drug-likeness (QED) is 0.0261. The van der Waals surface area contributed by atoms with Crippen LogP contribution in [-0.2, 0) is 28.6 Å². The lowest BCUT2D eigenvalue weighted by molar-refractivity contribution is -0.167. The molecule has 1 atom stereocenters. The highest BCUT2D eigenvalue weighted by Gasteiger charge is 2.19. The molecule has 0 saturated carbocycles. The summed E-state index contributed by atoms with van der Waals surface area (Å²) in [5, 5.41) is 0. The van der Waals surface area contributed by atoms with Gasteiger partial charge in [0.25, 0.3) is 0 Å². The van der Waals surface area contributed by atoms with Gasteiger partial charge in [-0.1, -0.05) is 320 Å². The van der Waals surface area contributed by atoms with Gasteiger partial charge in [0.15, 0.2) is 6.10 Å². The second kappa shape index (κ2) is 65.2. The number of unbranched alkanes of at least 4 members (excludes halogenated alkanes) is 46. The molecule has 6 heteroatoms. The Bertz CT molecular complexity index is 1270. The second-order valence-electron chi connectivity index (χ2n) is 23.1. The molecule has 0 aromatic heterocycles. The molecule has 0 radical (unpaired) electrons. The van der Waals surface area contributed by atoms with Gasteiger partial charge < -0.3 is 14.2 Å². The third kappa shape index (κ3) is 62.5. The maximum absolute atomic E-state index is 12.9. The lowest BCUT2D eigenvalue weighted by Crippen LogP contribution is -2.30. The van der Waals surface area contributed by atoms with Crippen molar-refractivity contribution < 1.29 is 28.6 Å². The number of rotatable bonds is 63. The van der Waals surface area contributed by atoms with Crippen LogP contribution in [0.4, 0.5) is 0 Å². The van der Waals surface area contributed by atoms with E-state index in [1.54, 1.807) is 0 Å². The predicted molar refractivity (Wildman–Crippen MR) is 330 cm³/mol. The van der Waals surface area contributed by atoms with Crippen molar-refractivity contribution in [1.82, 2.24) is 0 Å². The van der Waals surface area contributed by atoms with Crippen molar-refractivity contribution in [3.63, 3.8) is 0 Å². The van der Waals surface area contributed by atoms with E-state index in [-0.39, 0.29) is 31.1 Å².